The Morgan fingerprint density at radius 2 is 1.31 bits per heavy atom. The van der Waals surface area contributed by atoms with Crippen molar-refractivity contribution < 1.29 is 72.8 Å². The minimum Gasteiger partial charge on any atom is -0.463 e. The number of aliphatic hydroxyl groups excluding tert-OH is 4. The first-order chi connectivity index (χ1) is 23.2. The van der Waals surface area contributed by atoms with Crippen LogP contribution < -0.4 is 0 Å². The van der Waals surface area contributed by atoms with Crippen LogP contribution in [0.5, 0.6) is 0 Å². The largest absolute Gasteiger partial charge is 0.463 e. The predicted octanol–water partition coefficient (Wildman–Crippen LogP) is 1.92. The Bertz CT molecular complexity index is 1050. The van der Waals surface area contributed by atoms with Crippen molar-refractivity contribution in [3.63, 3.8) is 0 Å². The molecule has 2 aliphatic heterocycles. The minimum absolute atomic E-state index is 0.0125. The SMILES string of the molecule is CCCCCCC(=O)O[C@@H]1[C@@H](OC(=O)[C@H](C)CC)[C@@H](O[C@]2(CO)O[C@H](CO)[C@@H](O)[C@@H]2O)O[C@H](COC(=O)[C@H](C)CC)[C@H]1OC(=O)[C@H](C)CC. The maximum Gasteiger partial charge on any atom is 0.309 e. The number of ether oxygens (including phenoxy) is 7. The molecule has 0 radical (unpaired) electrons. The van der Waals surface area contributed by atoms with Gasteiger partial charge in [-0.05, 0) is 25.7 Å². The van der Waals surface area contributed by atoms with Crippen LogP contribution in [0.4, 0.5) is 0 Å². The second-order valence-electron chi connectivity index (χ2n) is 13.0. The normalized spacial score (nSPS) is 31.7. The van der Waals surface area contributed by atoms with Gasteiger partial charge in [-0.15, -0.1) is 0 Å². The molecule has 0 bridgehead atoms. The third kappa shape index (κ3) is 11.3. The topological polar surface area (TPSA) is 214 Å². The van der Waals surface area contributed by atoms with Crippen LogP contribution in [0.2, 0.25) is 0 Å². The molecule has 49 heavy (non-hydrogen) atoms. The highest BCUT2D eigenvalue weighted by atomic mass is 16.8. The number of carbonyl (C=O) groups is 4. The van der Waals surface area contributed by atoms with Crippen molar-refractivity contribution in [3.8, 4) is 0 Å². The van der Waals surface area contributed by atoms with Gasteiger partial charge in [-0.3, -0.25) is 19.2 Å². The van der Waals surface area contributed by atoms with Gasteiger partial charge in [0, 0.05) is 6.42 Å². The quantitative estimate of drug-likeness (QED) is 0.0809. The van der Waals surface area contributed by atoms with Gasteiger partial charge in [0.05, 0.1) is 24.4 Å². The Morgan fingerprint density at radius 3 is 1.82 bits per heavy atom. The summed E-state index contributed by atoms with van der Waals surface area (Å²) in [4.78, 5) is 52.6. The number of rotatable bonds is 20. The Balaban J connectivity index is 2.68. The van der Waals surface area contributed by atoms with E-state index in [1.54, 1.807) is 41.5 Å². The lowest BCUT2D eigenvalue weighted by atomic mass is 9.96. The van der Waals surface area contributed by atoms with Gasteiger partial charge in [0.25, 0.3) is 0 Å². The van der Waals surface area contributed by atoms with Crippen molar-refractivity contribution >= 4 is 23.9 Å². The van der Waals surface area contributed by atoms with Gasteiger partial charge in [-0.2, -0.15) is 0 Å². The average molecular weight is 707 g/mol. The van der Waals surface area contributed by atoms with Crippen LogP contribution >= 0.6 is 0 Å². The van der Waals surface area contributed by atoms with E-state index in [-0.39, 0.29) is 6.42 Å². The lowest BCUT2D eigenvalue weighted by Crippen LogP contribution is -2.65. The summed E-state index contributed by atoms with van der Waals surface area (Å²) in [6, 6.07) is 0. The van der Waals surface area contributed by atoms with E-state index in [0.29, 0.717) is 25.7 Å². The molecule has 0 saturated carbocycles. The first-order valence-corrected chi connectivity index (χ1v) is 17.6. The second kappa shape index (κ2) is 20.4. The molecule has 0 amide bonds. The number of unbranched alkanes of at least 4 members (excludes halogenated alkanes) is 3. The maximum atomic E-state index is 13.3. The number of aliphatic hydroxyl groups is 4. The van der Waals surface area contributed by atoms with Crippen molar-refractivity contribution in [1.82, 2.24) is 0 Å². The van der Waals surface area contributed by atoms with E-state index in [4.69, 9.17) is 33.2 Å². The van der Waals surface area contributed by atoms with Crippen molar-refractivity contribution in [1.29, 1.82) is 0 Å². The summed E-state index contributed by atoms with van der Waals surface area (Å²) in [6.45, 7) is 9.93. The van der Waals surface area contributed by atoms with E-state index >= 15 is 0 Å². The average Bonchev–Trinajstić information content (AvgIpc) is 3.34. The van der Waals surface area contributed by atoms with Gasteiger partial charge in [0.1, 0.15) is 37.6 Å². The number of carbonyl (C=O) groups excluding carboxylic acids is 4. The highest BCUT2D eigenvalue weighted by Crippen LogP contribution is 2.38. The van der Waals surface area contributed by atoms with Crippen LogP contribution in [0, 0.1) is 17.8 Å². The van der Waals surface area contributed by atoms with Gasteiger partial charge < -0.3 is 53.6 Å². The first kappa shape index (κ1) is 42.8. The summed E-state index contributed by atoms with van der Waals surface area (Å²) in [5.41, 5.74) is 0. The third-order valence-electron chi connectivity index (χ3n) is 9.25. The standard InChI is InChI=1S/C34H58O15/c1-8-12-13-14-15-24(37)45-27-26(46-31(41)20(6)10-3)23(17-43-30(40)19(5)9-2)44-33(28(27)47-32(42)21(7)11-4)49-34(18-36)29(39)25(38)22(16-35)48-34/h19-23,25-29,33,35-36,38-39H,8-18H2,1-7H3/t19-,20-,21-,22-,23-,25-,26-,27+,28-,29+,33-,34+/m1/s1. The lowest BCUT2D eigenvalue weighted by molar-refractivity contribution is -0.384. The molecule has 15 nitrogen and oxygen atoms in total. The maximum absolute atomic E-state index is 13.3. The molecule has 0 aromatic carbocycles. The molecule has 2 heterocycles. The van der Waals surface area contributed by atoms with Crippen LogP contribution in [0.3, 0.4) is 0 Å². The molecule has 284 valence electrons. The van der Waals surface area contributed by atoms with Gasteiger partial charge in [0.2, 0.25) is 12.1 Å². The molecule has 12 atom stereocenters. The smallest absolute Gasteiger partial charge is 0.309 e. The third-order valence-corrected chi connectivity index (χ3v) is 9.25. The Hall–Kier alpha value is -2.40. The summed E-state index contributed by atoms with van der Waals surface area (Å²) >= 11 is 0. The predicted molar refractivity (Wildman–Crippen MR) is 171 cm³/mol. The zero-order valence-corrected chi connectivity index (χ0v) is 29.9. The summed E-state index contributed by atoms with van der Waals surface area (Å²) < 4.78 is 41.0. The fourth-order valence-corrected chi connectivity index (χ4v) is 5.19. The fourth-order valence-electron chi connectivity index (χ4n) is 5.19. The highest BCUT2D eigenvalue weighted by Gasteiger charge is 2.61. The molecule has 0 aromatic rings. The van der Waals surface area contributed by atoms with E-state index in [1.807, 2.05) is 6.92 Å². The highest BCUT2D eigenvalue weighted by molar-refractivity contribution is 5.74. The van der Waals surface area contributed by atoms with Gasteiger partial charge in [-0.25, -0.2) is 0 Å². The van der Waals surface area contributed by atoms with Gasteiger partial charge in [0.15, 0.2) is 18.3 Å². The summed E-state index contributed by atoms with van der Waals surface area (Å²) in [5, 5.41) is 41.5. The molecular weight excluding hydrogens is 648 g/mol. The molecule has 0 spiro atoms. The summed E-state index contributed by atoms with van der Waals surface area (Å²) in [5.74, 6) is -6.86. The number of esters is 4. The van der Waals surface area contributed by atoms with Gasteiger partial charge >= 0.3 is 23.9 Å². The monoisotopic (exact) mass is 706 g/mol. The van der Waals surface area contributed by atoms with E-state index < -0.39 is 116 Å². The van der Waals surface area contributed by atoms with Crippen molar-refractivity contribution in [2.45, 2.75) is 155 Å². The molecule has 0 unspecified atom stereocenters. The van der Waals surface area contributed by atoms with Crippen molar-refractivity contribution in [3.05, 3.63) is 0 Å². The molecule has 0 aromatic heterocycles. The zero-order valence-electron chi connectivity index (χ0n) is 29.9. The zero-order chi connectivity index (χ0) is 36.9. The van der Waals surface area contributed by atoms with Crippen LogP contribution in [0.15, 0.2) is 0 Å². The van der Waals surface area contributed by atoms with E-state index in [1.165, 1.54) is 0 Å². The van der Waals surface area contributed by atoms with Crippen LogP contribution in [0.25, 0.3) is 0 Å². The first-order valence-electron chi connectivity index (χ1n) is 17.6. The minimum atomic E-state index is -2.41. The fraction of sp³-hybridized carbons (Fsp3) is 0.882. The molecule has 0 aliphatic carbocycles. The molecular formula is C34H58O15. The molecule has 2 fully saturated rings. The Labute approximate surface area is 288 Å². The van der Waals surface area contributed by atoms with E-state index in [0.717, 1.165) is 19.3 Å². The van der Waals surface area contributed by atoms with E-state index in [2.05, 4.69) is 0 Å². The van der Waals surface area contributed by atoms with Crippen LogP contribution in [-0.4, -0.2) is 119 Å². The molecule has 15 heteroatoms. The Morgan fingerprint density at radius 1 is 0.735 bits per heavy atom. The van der Waals surface area contributed by atoms with Crippen molar-refractivity contribution in [2.75, 3.05) is 19.8 Å². The summed E-state index contributed by atoms with van der Waals surface area (Å²) in [6.07, 6.45) is -8.64. The van der Waals surface area contributed by atoms with E-state index in [9.17, 15) is 39.6 Å². The van der Waals surface area contributed by atoms with Crippen LogP contribution in [0.1, 0.15) is 99.8 Å². The summed E-state index contributed by atoms with van der Waals surface area (Å²) in [7, 11) is 0. The molecule has 2 saturated heterocycles. The number of hydrogen-bond acceptors (Lipinski definition) is 15. The Kier molecular flexibility index (Phi) is 17.8. The van der Waals surface area contributed by atoms with Crippen LogP contribution in [-0.2, 0) is 52.3 Å². The second-order valence-corrected chi connectivity index (χ2v) is 13.0. The number of hydrogen-bond donors (Lipinski definition) is 4. The van der Waals surface area contributed by atoms with Crippen molar-refractivity contribution in [2.24, 2.45) is 17.8 Å². The van der Waals surface area contributed by atoms with Gasteiger partial charge in [-0.1, -0.05) is 67.7 Å². The lowest BCUT2D eigenvalue weighted by Gasteiger charge is -2.46. The molecule has 2 rings (SSSR count). The molecule has 2 aliphatic rings. The molecule has 4 N–H and O–H groups in total.